The predicted molar refractivity (Wildman–Crippen MR) is 86.7 cm³/mol. The third kappa shape index (κ3) is 3.72. The van der Waals surface area contributed by atoms with Gasteiger partial charge in [-0.15, -0.1) is 0 Å². The molecule has 26 heavy (non-hydrogen) atoms. The molecule has 0 saturated heterocycles. The van der Waals surface area contributed by atoms with Gasteiger partial charge in [0.2, 0.25) is 0 Å². The zero-order valence-corrected chi connectivity index (χ0v) is 13.7. The van der Waals surface area contributed by atoms with E-state index in [9.17, 15) is 23.3 Å². The maximum Gasteiger partial charge on any atom is 0.416 e. The number of oxime groups is 1. The van der Waals surface area contributed by atoms with Crippen molar-refractivity contribution in [3.05, 3.63) is 62.7 Å². The molecule has 0 aromatic heterocycles. The van der Waals surface area contributed by atoms with Gasteiger partial charge in [-0.1, -0.05) is 16.8 Å². The normalized spacial score (nSPS) is 13.9. The van der Waals surface area contributed by atoms with Crippen LogP contribution >= 0.6 is 11.6 Å². The van der Waals surface area contributed by atoms with Gasteiger partial charge in [-0.2, -0.15) is 13.2 Å². The van der Waals surface area contributed by atoms with Crippen LogP contribution in [0.3, 0.4) is 0 Å². The second kappa shape index (κ2) is 6.83. The fourth-order valence-corrected chi connectivity index (χ4v) is 2.57. The van der Waals surface area contributed by atoms with E-state index in [-0.39, 0.29) is 27.8 Å². The van der Waals surface area contributed by atoms with Gasteiger partial charge in [0.25, 0.3) is 5.69 Å². The zero-order valence-electron chi connectivity index (χ0n) is 12.9. The smallest absolute Gasteiger partial charge is 0.416 e. The molecule has 0 aliphatic carbocycles. The highest BCUT2D eigenvalue weighted by Crippen LogP contribution is 2.37. The summed E-state index contributed by atoms with van der Waals surface area (Å²) in [5.41, 5.74) is -0.481. The van der Waals surface area contributed by atoms with E-state index >= 15 is 0 Å². The molecule has 3 rings (SSSR count). The van der Waals surface area contributed by atoms with Crippen LogP contribution in [0.15, 0.2) is 41.6 Å². The molecule has 0 atom stereocenters. The van der Waals surface area contributed by atoms with Crippen LogP contribution in [-0.2, 0) is 11.0 Å². The Morgan fingerprint density at radius 2 is 2.00 bits per heavy atom. The number of ether oxygens (including phenoxy) is 1. The summed E-state index contributed by atoms with van der Waals surface area (Å²) >= 11 is 5.86. The van der Waals surface area contributed by atoms with Crippen molar-refractivity contribution in [2.24, 2.45) is 5.16 Å². The molecule has 2 aromatic rings. The maximum atomic E-state index is 12.7. The van der Waals surface area contributed by atoms with Gasteiger partial charge in [0.15, 0.2) is 0 Å². The summed E-state index contributed by atoms with van der Waals surface area (Å²) in [5.74, 6) is 0.158. The van der Waals surface area contributed by atoms with Gasteiger partial charge >= 0.3 is 6.18 Å². The summed E-state index contributed by atoms with van der Waals surface area (Å²) in [7, 11) is 0. The van der Waals surface area contributed by atoms with Crippen LogP contribution in [0.4, 0.5) is 18.9 Å². The number of hydrogen-bond acceptors (Lipinski definition) is 5. The molecule has 2 aromatic carbocycles. The van der Waals surface area contributed by atoms with Crippen molar-refractivity contribution >= 4 is 23.0 Å². The molecule has 136 valence electrons. The summed E-state index contributed by atoms with van der Waals surface area (Å²) in [4.78, 5) is 15.5. The topological polar surface area (TPSA) is 74.0 Å². The van der Waals surface area contributed by atoms with Gasteiger partial charge in [0.05, 0.1) is 26.8 Å². The number of alkyl halides is 3. The molecule has 6 nitrogen and oxygen atoms in total. The van der Waals surface area contributed by atoms with Crippen molar-refractivity contribution in [2.45, 2.75) is 12.6 Å². The van der Waals surface area contributed by atoms with E-state index in [1.165, 1.54) is 18.2 Å². The Morgan fingerprint density at radius 3 is 2.58 bits per heavy atom. The van der Waals surface area contributed by atoms with Crippen LogP contribution in [0.25, 0.3) is 0 Å². The lowest BCUT2D eigenvalue weighted by molar-refractivity contribution is -0.385. The van der Waals surface area contributed by atoms with Crippen LogP contribution in [0, 0.1) is 10.1 Å². The fourth-order valence-electron chi connectivity index (χ4n) is 2.35. The fraction of sp³-hybridized carbons (Fsp3) is 0.188. The SMILES string of the molecule is O=[N+]([O-])c1ccc(Oc2ccc(C(F)(F)F)cc2Cl)cc1C1=NOCC1. The monoisotopic (exact) mass is 386 g/mol. The molecule has 0 saturated carbocycles. The molecule has 1 heterocycles. The molecular weight excluding hydrogens is 377 g/mol. The molecule has 10 heteroatoms. The molecule has 0 spiro atoms. The Labute approximate surface area is 149 Å². The Bertz CT molecular complexity index is 900. The van der Waals surface area contributed by atoms with Gasteiger partial charge in [-0.25, -0.2) is 0 Å². The highest BCUT2D eigenvalue weighted by Gasteiger charge is 2.31. The number of nitro groups is 1. The minimum absolute atomic E-state index is 0.0101. The van der Waals surface area contributed by atoms with Crippen molar-refractivity contribution < 1.29 is 27.7 Å². The van der Waals surface area contributed by atoms with E-state index in [0.29, 0.717) is 18.7 Å². The number of nitrogens with zero attached hydrogens (tertiary/aromatic N) is 2. The summed E-state index contributed by atoms with van der Waals surface area (Å²) in [5, 5.41) is 14.7. The first-order chi connectivity index (χ1) is 12.3. The van der Waals surface area contributed by atoms with Gasteiger partial charge in [-0.05, 0) is 30.3 Å². The Morgan fingerprint density at radius 1 is 1.23 bits per heavy atom. The van der Waals surface area contributed by atoms with Crippen LogP contribution in [0.2, 0.25) is 5.02 Å². The second-order valence-electron chi connectivity index (χ2n) is 5.30. The first kappa shape index (κ1) is 18.0. The average molecular weight is 387 g/mol. The molecule has 0 unspecified atom stereocenters. The first-order valence-electron chi connectivity index (χ1n) is 7.28. The number of nitro benzene ring substituents is 1. The molecule has 0 fully saturated rings. The summed E-state index contributed by atoms with van der Waals surface area (Å²) in [6, 6.07) is 6.60. The lowest BCUT2D eigenvalue weighted by Gasteiger charge is -2.12. The predicted octanol–water partition coefficient (Wildman–Crippen LogP) is 5.18. The summed E-state index contributed by atoms with van der Waals surface area (Å²) in [6.45, 7) is 0.308. The minimum Gasteiger partial charge on any atom is -0.456 e. The minimum atomic E-state index is -4.52. The van der Waals surface area contributed by atoms with Crippen molar-refractivity contribution in [2.75, 3.05) is 6.61 Å². The van der Waals surface area contributed by atoms with Gasteiger partial charge in [-0.3, -0.25) is 10.1 Å². The zero-order chi connectivity index (χ0) is 18.9. The molecule has 0 N–H and O–H groups in total. The van der Waals surface area contributed by atoms with Gasteiger partial charge in [0.1, 0.15) is 18.1 Å². The van der Waals surface area contributed by atoms with Crippen molar-refractivity contribution in [1.29, 1.82) is 0 Å². The van der Waals surface area contributed by atoms with E-state index in [4.69, 9.17) is 21.2 Å². The first-order valence-corrected chi connectivity index (χ1v) is 7.66. The quantitative estimate of drug-likeness (QED) is 0.535. The van der Waals surface area contributed by atoms with Crippen LogP contribution in [-0.4, -0.2) is 17.2 Å². The maximum absolute atomic E-state index is 12.7. The summed E-state index contributed by atoms with van der Waals surface area (Å²) in [6.07, 6.45) is -4.13. The molecule has 0 radical (unpaired) electrons. The molecule has 1 aliphatic rings. The van der Waals surface area contributed by atoms with Crippen molar-refractivity contribution in [3.8, 4) is 11.5 Å². The Balaban J connectivity index is 1.93. The number of benzene rings is 2. The van der Waals surface area contributed by atoms with Crippen LogP contribution < -0.4 is 4.74 Å². The number of halogens is 4. The van der Waals surface area contributed by atoms with E-state index < -0.39 is 16.7 Å². The number of hydrogen-bond donors (Lipinski definition) is 0. The lowest BCUT2D eigenvalue weighted by Crippen LogP contribution is -2.05. The largest absolute Gasteiger partial charge is 0.456 e. The highest BCUT2D eigenvalue weighted by atomic mass is 35.5. The third-order valence-electron chi connectivity index (χ3n) is 3.57. The van der Waals surface area contributed by atoms with E-state index in [1.807, 2.05) is 0 Å². The number of rotatable bonds is 4. The molecular formula is C16H10ClF3N2O4. The Kier molecular flexibility index (Phi) is 4.73. The van der Waals surface area contributed by atoms with E-state index in [1.54, 1.807) is 0 Å². The van der Waals surface area contributed by atoms with E-state index in [0.717, 1.165) is 18.2 Å². The van der Waals surface area contributed by atoms with Crippen molar-refractivity contribution in [1.82, 2.24) is 0 Å². The highest BCUT2D eigenvalue weighted by molar-refractivity contribution is 6.32. The van der Waals surface area contributed by atoms with Crippen LogP contribution in [0.1, 0.15) is 17.5 Å². The molecule has 1 aliphatic heterocycles. The molecule has 0 amide bonds. The standard InChI is InChI=1S/C16H10ClF3N2O4/c17-12-7-9(16(18,19)20)1-4-15(12)26-10-2-3-14(22(23)24)11(8-10)13-5-6-25-21-13/h1-4,7-8H,5-6H2. The Hall–Kier alpha value is -2.81. The third-order valence-corrected chi connectivity index (χ3v) is 3.86. The van der Waals surface area contributed by atoms with Gasteiger partial charge in [0, 0.05) is 12.5 Å². The van der Waals surface area contributed by atoms with Crippen LogP contribution in [0.5, 0.6) is 11.5 Å². The second-order valence-corrected chi connectivity index (χ2v) is 5.71. The average Bonchev–Trinajstić information content (AvgIpc) is 3.10. The summed E-state index contributed by atoms with van der Waals surface area (Å²) < 4.78 is 43.5. The van der Waals surface area contributed by atoms with E-state index in [2.05, 4.69) is 5.16 Å². The lowest BCUT2D eigenvalue weighted by atomic mass is 10.1. The van der Waals surface area contributed by atoms with Gasteiger partial charge < -0.3 is 9.57 Å². The van der Waals surface area contributed by atoms with Crippen molar-refractivity contribution in [3.63, 3.8) is 0 Å². The molecule has 0 bridgehead atoms.